The maximum atomic E-state index is 12.8. The lowest BCUT2D eigenvalue weighted by Gasteiger charge is -2.30. The van der Waals surface area contributed by atoms with Crippen molar-refractivity contribution in [2.45, 2.75) is 26.3 Å². The molecule has 1 fully saturated rings. The molecule has 4 rings (SSSR count). The molecule has 3 aromatic rings. The number of carbonyl (C=O) groups is 1. The van der Waals surface area contributed by atoms with Gasteiger partial charge in [0.05, 0.1) is 16.8 Å². The number of halogens is 2. The topological polar surface area (TPSA) is 84.3 Å². The molecule has 0 bridgehead atoms. The lowest BCUT2D eigenvalue weighted by atomic mass is 9.98. The van der Waals surface area contributed by atoms with E-state index in [1.807, 2.05) is 13.1 Å². The third-order valence-electron chi connectivity index (χ3n) is 5.86. The standard InChI is InChI=1S/C22H24Cl2N4O3S/c1-14-12-27(13-15-7-9-28(10-8-15)32(2,30)31)21-19(14)20(24)18(11-25-21)22(29)26-17-5-3-16(23)4-6-17/h3-6,11-12,15H,7-10,13H2,1-2H3,(H,26,29). The number of nitrogens with zero attached hydrogens (tertiary/aromatic N) is 3. The minimum absolute atomic E-state index is 0.302. The molecule has 1 aliphatic heterocycles. The van der Waals surface area contributed by atoms with Crippen LogP contribution in [0.5, 0.6) is 0 Å². The number of fused-ring (bicyclic) bond motifs is 1. The second kappa shape index (κ2) is 9.02. The highest BCUT2D eigenvalue weighted by Gasteiger charge is 2.26. The highest BCUT2D eigenvalue weighted by atomic mass is 35.5. The van der Waals surface area contributed by atoms with E-state index in [9.17, 15) is 13.2 Å². The van der Waals surface area contributed by atoms with Gasteiger partial charge in [-0.2, -0.15) is 0 Å². The summed E-state index contributed by atoms with van der Waals surface area (Å²) in [4.78, 5) is 17.3. The molecule has 32 heavy (non-hydrogen) atoms. The van der Waals surface area contributed by atoms with Crippen molar-refractivity contribution in [1.82, 2.24) is 13.9 Å². The van der Waals surface area contributed by atoms with Gasteiger partial charge in [0, 0.05) is 48.1 Å². The molecule has 7 nitrogen and oxygen atoms in total. The van der Waals surface area contributed by atoms with Crippen molar-refractivity contribution < 1.29 is 13.2 Å². The van der Waals surface area contributed by atoms with Crippen molar-refractivity contribution in [3.05, 3.63) is 57.8 Å². The van der Waals surface area contributed by atoms with Crippen LogP contribution in [0.25, 0.3) is 11.0 Å². The van der Waals surface area contributed by atoms with Crippen LogP contribution in [0.15, 0.2) is 36.7 Å². The first-order valence-corrected chi connectivity index (χ1v) is 12.9. The molecule has 1 saturated heterocycles. The van der Waals surface area contributed by atoms with Gasteiger partial charge in [-0.3, -0.25) is 4.79 Å². The Balaban J connectivity index is 1.54. The Labute approximate surface area is 197 Å². The summed E-state index contributed by atoms with van der Waals surface area (Å²) < 4.78 is 27.1. The summed E-state index contributed by atoms with van der Waals surface area (Å²) in [5, 5.41) is 4.52. The number of benzene rings is 1. The monoisotopic (exact) mass is 494 g/mol. The highest BCUT2D eigenvalue weighted by Crippen LogP contribution is 2.32. The number of anilines is 1. The van der Waals surface area contributed by atoms with Gasteiger partial charge in [-0.05, 0) is 55.5 Å². The summed E-state index contributed by atoms with van der Waals surface area (Å²) in [5.74, 6) is 0.00322. The quantitative estimate of drug-likeness (QED) is 0.562. The van der Waals surface area contributed by atoms with Gasteiger partial charge < -0.3 is 9.88 Å². The predicted molar refractivity (Wildman–Crippen MR) is 128 cm³/mol. The number of aryl methyl sites for hydroxylation is 1. The van der Waals surface area contributed by atoms with Crippen LogP contribution >= 0.6 is 23.2 Å². The molecule has 3 heterocycles. The number of nitrogens with one attached hydrogen (secondary N) is 1. The summed E-state index contributed by atoms with van der Waals surface area (Å²) in [6, 6.07) is 6.84. The number of sulfonamides is 1. The smallest absolute Gasteiger partial charge is 0.258 e. The maximum absolute atomic E-state index is 12.8. The minimum Gasteiger partial charge on any atom is -0.332 e. The van der Waals surface area contributed by atoms with E-state index >= 15 is 0 Å². The molecule has 1 amide bonds. The number of hydrogen-bond acceptors (Lipinski definition) is 4. The molecule has 0 radical (unpaired) electrons. The van der Waals surface area contributed by atoms with Crippen LogP contribution in [0.3, 0.4) is 0 Å². The molecule has 170 valence electrons. The van der Waals surface area contributed by atoms with Crippen LogP contribution in [-0.2, 0) is 16.6 Å². The number of rotatable bonds is 5. The van der Waals surface area contributed by atoms with Gasteiger partial charge in [0.2, 0.25) is 10.0 Å². The largest absolute Gasteiger partial charge is 0.332 e. The number of hydrogen-bond donors (Lipinski definition) is 1. The second-order valence-electron chi connectivity index (χ2n) is 8.22. The summed E-state index contributed by atoms with van der Waals surface area (Å²) >= 11 is 12.5. The number of piperidine rings is 1. The van der Waals surface area contributed by atoms with Crippen LogP contribution < -0.4 is 5.32 Å². The Morgan fingerprint density at radius 1 is 1.19 bits per heavy atom. The zero-order valence-electron chi connectivity index (χ0n) is 17.8. The number of aromatic nitrogens is 2. The van der Waals surface area contributed by atoms with Gasteiger partial charge in [-0.1, -0.05) is 23.2 Å². The maximum Gasteiger partial charge on any atom is 0.258 e. The lowest BCUT2D eigenvalue weighted by molar-refractivity contribution is 0.102. The van der Waals surface area contributed by atoms with E-state index in [0.29, 0.717) is 40.3 Å². The van der Waals surface area contributed by atoms with E-state index in [4.69, 9.17) is 23.2 Å². The van der Waals surface area contributed by atoms with E-state index in [-0.39, 0.29) is 5.91 Å². The van der Waals surface area contributed by atoms with Crippen molar-refractivity contribution in [3.8, 4) is 0 Å². The highest BCUT2D eigenvalue weighted by molar-refractivity contribution is 7.88. The average molecular weight is 495 g/mol. The van der Waals surface area contributed by atoms with Gasteiger partial charge in [-0.15, -0.1) is 0 Å². The molecule has 1 N–H and O–H groups in total. The van der Waals surface area contributed by atoms with Crippen molar-refractivity contribution >= 4 is 55.9 Å². The van der Waals surface area contributed by atoms with E-state index in [1.54, 1.807) is 24.3 Å². The molecule has 0 spiro atoms. The summed E-state index contributed by atoms with van der Waals surface area (Å²) in [7, 11) is -3.14. The van der Waals surface area contributed by atoms with Crippen LogP contribution in [0.1, 0.15) is 28.8 Å². The second-order valence-corrected chi connectivity index (χ2v) is 11.0. The normalized spacial score (nSPS) is 15.9. The number of carbonyl (C=O) groups excluding carboxylic acids is 1. The van der Waals surface area contributed by atoms with Crippen molar-refractivity contribution in [3.63, 3.8) is 0 Å². The third kappa shape index (κ3) is 4.78. The Morgan fingerprint density at radius 2 is 1.84 bits per heavy atom. The minimum atomic E-state index is -3.14. The molecular weight excluding hydrogens is 471 g/mol. The zero-order chi connectivity index (χ0) is 23.0. The van der Waals surface area contributed by atoms with Crippen molar-refractivity contribution in [1.29, 1.82) is 0 Å². The van der Waals surface area contributed by atoms with Crippen LogP contribution in [0.2, 0.25) is 10.0 Å². The Kier molecular flexibility index (Phi) is 6.49. The molecule has 10 heteroatoms. The van der Waals surface area contributed by atoms with Crippen LogP contribution in [-0.4, -0.2) is 47.5 Å². The Bertz CT molecular complexity index is 1260. The molecular formula is C22H24Cl2N4O3S. The molecule has 0 unspecified atom stereocenters. The van der Waals surface area contributed by atoms with Crippen molar-refractivity contribution in [2.24, 2.45) is 5.92 Å². The van der Waals surface area contributed by atoms with Crippen LogP contribution in [0, 0.1) is 12.8 Å². The molecule has 0 atom stereocenters. The van der Waals surface area contributed by atoms with Crippen LogP contribution in [0.4, 0.5) is 5.69 Å². The molecule has 1 aliphatic rings. The zero-order valence-corrected chi connectivity index (χ0v) is 20.1. The van der Waals surface area contributed by atoms with Gasteiger partial charge in [-0.25, -0.2) is 17.7 Å². The van der Waals surface area contributed by atoms with Crippen molar-refractivity contribution in [2.75, 3.05) is 24.7 Å². The summed E-state index contributed by atoms with van der Waals surface area (Å²) in [5.41, 5.74) is 2.58. The molecule has 1 aromatic carbocycles. The first-order chi connectivity index (χ1) is 15.1. The van der Waals surface area contributed by atoms with E-state index < -0.39 is 10.0 Å². The average Bonchev–Trinajstić information content (AvgIpc) is 3.05. The van der Waals surface area contributed by atoms with Gasteiger partial charge >= 0.3 is 0 Å². The van der Waals surface area contributed by atoms with E-state index in [1.165, 1.54) is 16.8 Å². The molecule has 2 aromatic heterocycles. The Hall–Kier alpha value is -2.13. The Morgan fingerprint density at radius 3 is 2.47 bits per heavy atom. The van der Waals surface area contributed by atoms with E-state index in [0.717, 1.165) is 36.0 Å². The fourth-order valence-corrected chi connectivity index (χ4v) is 5.51. The molecule has 0 saturated carbocycles. The SMILES string of the molecule is Cc1cn(CC2CCN(S(C)(=O)=O)CC2)c2ncc(C(=O)Nc3ccc(Cl)cc3)c(Cl)c12. The fourth-order valence-electron chi connectivity index (χ4n) is 4.14. The number of pyridine rings is 1. The summed E-state index contributed by atoms with van der Waals surface area (Å²) in [6.45, 7) is 3.73. The first-order valence-electron chi connectivity index (χ1n) is 10.3. The number of amides is 1. The lowest BCUT2D eigenvalue weighted by Crippen LogP contribution is -2.38. The van der Waals surface area contributed by atoms with Gasteiger partial charge in [0.15, 0.2) is 0 Å². The third-order valence-corrected chi connectivity index (χ3v) is 7.80. The fraction of sp³-hybridized carbons (Fsp3) is 0.364. The molecule has 0 aliphatic carbocycles. The first kappa shape index (κ1) is 23.0. The predicted octanol–water partition coefficient (Wildman–Crippen LogP) is 4.58. The van der Waals surface area contributed by atoms with E-state index in [2.05, 4.69) is 14.9 Å². The van der Waals surface area contributed by atoms with Gasteiger partial charge in [0.25, 0.3) is 5.91 Å². The summed E-state index contributed by atoms with van der Waals surface area (Å²) in [6.07, 6.45) is 6.33. The van der Waals surface area contributed by atoms with Gasteiger partial charge in [0.1, 0.15) is 5.65 Å².